The first-order valence-corrected chi connectivity index (χ1v) is 8.93. The number of fused-ring (bicyclic) bond motifs is 1. The van der Waals surface area contributed by atoms with Gasteiger partial charge in [0.05, 0.1) is 5.56 Å². The van der Waals surface area contributed by atoms with Crippen molar-refractivity contribution in [3.05, 3.63) is 57.1 Å². The zero-order valence-electron chi connectivity index (χ0n) is 13.1. The predicted molar refractivity (Wildman–Crippen MR) is 106 cm³/mol. The molecule has 0 radical (unpaired) electrons. The molecule has 0 bridgehead atoms. The molecule has 3 amide bonds. The van der Waals surface area contributed by atoms with Gasteiger partial charge in [0.15, 0.2) is 0 Å². The number of hydrogen-bond acceptors (Lipinski definition) is 2. The topological polar surface area (TPSA) is 86.0 Å². The first kappa shape index (κ1) is 17.5. The van der Waals surface area contributed by atoms with Crippen LogP contribution in [0.4, 0.5) is 16.2 Å². The molecule has 1 heterocycles. The molecule has 128 valence electrons. The van der Waals surface area contributed by atoms with E-state index in [1.54, 1.807) is 30.5 Å². The number of aromatic amines is 1. The lowest BCUT2D eigenvalue weighted by Gasteiger charge is -2.08. The van der Waals surface area contributed by atoms with Crippen LogP contribution in [0.2, 0.25) is 0 Å². The first-order valence-electron chi connectivity index (χ1n) is 7.34. The standard InChI is InChI=1S/C17H14Br2N4O2/c1-20-17(25)23-10-4-2-3-9(5-10)22-16(24)12-8-21-15-7-14(19)13(18)6-11(12)15/h2-8,21H,1H3,(H,22,24)(H2,20,23,25). The predicted octanol–water partition coefficient (Wildman–Crippen LogP) is 4.70. The van der Waals surface area contributed by atoms with Crippen molar-refractivity contribution in [1.29, 1.82) is 0 Å². The highest BCUT2D eigenvalue weighted by atomic mass is 79.9. The van der Waals surface area contributed by atoms with Crippen LogP contribution >= 0.6 is 31.9 Å². The molecule has 0 saturated carbocycles. The van der Waals surface area contributed by atoms with Crippen molar-refractivity contribution in [2.24, 2.45) is 0 Å². The van der Waals surface area contributed by atoms with Gasteiger partial charge in [0.2, 0.25) is 0 Å². The molecule has 0 saturated heterocycles. The molecule has 4 N–H and O–H groups in total. The number of anilines is 2. The molecule has 0 aliphatic rings. The molecule has 6 nitrogen and oxygen atoms in total. The fraction of sp³-hybridized carbons (Fsp3) is 0.0588. The van der Waals surface area contributed by atoms with Crippen molar-refractivity contribution < 1.29 is 9.59 Å². The van der Waals surface area contributed by atoms with Crippen molar-refractivity contribution in [1.82, 2.24) is 10.3 Å². The van der Waals surface area contributed by atoms with Crippen LogP contribution in [0.1, 0.15) is 10.4 Å². The highest BCUT2D eigenvalue weighted by molar-refractivity contribution is 9.13. The maximum atomic E-state index is 12.6. The summed E-state index contributed by atoms with van der Waals surface area (Å²) in [6.07, 6.45) is 1.67. The minimum Gasteiger partial charge on any atom is -0.360 e. The molecule has 8 heteroatoms. The second kappa shape index (κ2) is 7.28. The molecule has 3 aromatic rings. The summed E-state index contributed by atoms with van der Waals surface area (Å²) in [5.41, 5.74) is 2.57. The highest BCUT2D eigenvalue weighted by Gasteiger charge is 2.14. The number of hydrogen-bond donors (Lipinski definition) is 4. The molecule has 0 atom stereocenters. The lowest BCUT2D eigenvalue weighted by Crippen LogP contribution is -2.24. The van der Waals surface area contributed by atoms with E-state index in [1.165, 1.54) is 7.05 Å². The van der Waals surface area contributed by atoms with Crippen LogP contribution in [0.5, 0.6) is 0 Å². The fourth-order valence-corrected chi connectivity index (χ4v) is 3.06. The Hall–Kier alpha value is -2.32. The number of H-pyrrole nitrogens is 1. The molecule has 0 unspecified atom stereocenters. The summed E-state index contributed by atoms with van der Waals surface area (Å²) >= 11 is 6.89. The molecule has 0 aliphatic carbocycles. The van der Waals surface area contributed by atoms with Crippen LogP contribution < -0.4 is 16.0 Å². The third kappa shape index (κ3) is 3.85. The van der Waals surface area contributed by atoms with Gasteiger partial charge in [-0.1, -0.05) is 6.07 Å². The number of carbonyl (C=O) groups is 2. The van der Waals surface area contributed by atoms with Crippen LogP contribution in [0, 0.1) is 0 Å². The van der Waals surface area contributed by atoms with Crippen molar-refractivity contribution in [3.63, 3.8) is 0 Å². The van der Waals surface area contributed by atoms with Gasteiger partial charge in [-0.05, 0) is 62.2 Å². The molecule has 2 aromatic carbocycles. The summed E-state index contributed by atoms with van der Waals surface area (Å²) in [6.45, 7) is 0. The van der Waals surface area contributed by atoms with E-state index in [0.717, 1.165) is 19.8 Å². The van der Waals surface area contributed by atoms with E-state index < -0.39 is 0 Å². The zero-order chi connectivity index (χ0) is 18.0. The lowest BCUT2D eigenvalue weighted by molar-refractivity contribution is 0.102. The Labute approximate surface area is 160 Å². The van der Waals surface area contributed by atoms with E-state index >= 15 is 0 Å². The number of benzene rings is 2. The van der Waals surface area contributed by atoms with Gasteiger partial charge < -0.3 is 20.9 Å². The molecule has 25 heavy (non-hydrogen) atoms. The molecule has 0 fully saturated rings. The van der Waals surface area contributed by atoms with E-state index in [-0.39, 0.29) is 11.9 Å². The van der Waals surface area contributed by atoms with E-state index in [0.29, 0.717) is 16.9 Å². The largest absolute Gasteiger partial charge is 0.360 e. The van der Waals surface area contributed by atoms with Gasteiger partial charge >= 0.3 is 6.03 Å². The molecule has 3 rings (SSSR count). The third-order valence-corrected chi connectivity index (χ3v) is 5.42. The Morgan fingerprint density at radius 3 is 2.40 bits per heavy atom. The van der Waals surface area contributed by atoms with E-state index in [1.807, 2.05) is 12.1 Å². The summed E-state index contributed by atoms with van der Waals surface area (Å²) in [5, 5.41) is 8.80. The van der Waals surface area contributed by atoms with E-state index in [2.05, 4.69) is 52.8 Å². The van der Waals surface area contributed by atoms with Crippen LogP contribution in [0.15, 0.2) is 51.5 Å². The van der Waals surface area contributed by atoms with Gasteiger partial charge in [-0.2, -0.15) is 0 Å². The number of urea groups is 1. The smallest absolute Gasteiger partial charge is 0.318 e. The average Bonchev–Trinajstić information content (AvgIpc) is 2.98. The minimum atomic E-state index is -0.324. The van der Waals surface area contributed by atoms with Crippen molar-refractivity contribution in [2.75, 3.05) is 17.7 Å². The van der Waals surface area contributed by atoms with Crippen molar-refractivity contribution in [2.45, 2.75) is 0 Å². The normalized spacial score (nSPS) is 10.5. The zero-order valence-corrected chi connectivity index (χ0v) is 16.3. The third-order valence-electron chi connectivity index (χ3n) is 3.57. The van der Waals surface area contributed by atoms with Crippen molar-refractivity contribution >= 4 is 66.1 Å². The Balaban J connectivity index is 1.84. The van der Waals surface area contributed by atoms with Gasteiger partial charge in [-0.3, -0.25) is 4.79 Å². The van der Waals surface area contributed by atoms with Crippen LogP contribution in [-0.2, 0) is 0 Å². The second-order valence-electron chi connectivity index (χ2n) is 5.25. The number of aromatic nitrogens is 1. The fourth-order valence-electron chi connectivity index (χ4n) is 2.37. The second-order valence-corrected chi connectivity index (χ2v) is 6.96. The minimum absolute atomic E-state index is 0.238. The van der Waals surface area contributed by atoms with Crippen LogP contribution in [0.25, 0.3) is 10.9 Å². The lowest BCUT2D eigenvalue weighted by atomic mass is 10.1. The number of amides is 3. The molecular weight excluding hydrogens is 452 g/mol. The van der Waals surface area contributed by atoms with E-state index in [9.17, 15) is 9.59 Å². The maximum absolute atomic E-state index is 12.6. The van der Waals surface area contributed by atoms with Crippen LogP contribution in [-0.4, -0.2) is 24.0 Å². The number of nitrogens with one attached hydrogen (secondary N) is 4. The van der Waals surface area contributed by atoms with Gasteiger partial charge in [-0.25, -0.2) is 4.79 Å². The average molecular weight is 466 g/mol. The quantitative estimate of drug-likeness (QED) is 0.452. The number of halogens is 2. The highest BCUT2D eigenvalue weighted by Crippen LogP contribution is 2.30. The monoisotopic (exact) mass is 464 g/mol. The van der Waals surface area contributed by atoms with Crippen LogP contribution in [0.3, 0.4) is 0 Å². The Bertz CT molecular complexity index is 968. The summed E-state index contributed by atoms with van der Waals surface area (Å²) in [4.78, 5) is 27.1. The number of rotatable bonds is 3. The van der Waals surface area contributed by atoms with Gasteiger partial charge in [0, 0.05) is 44.5 Å². The number of carbonyl (C=O) groups excluding carboxylic acids is 2. The van der Waals surface area contributed by atoms with E-state index in [4.69, 9.17) is 0 Å². The van der Waals surface area contributed by atoms with Gasteiger partial charge in [0.25, 0.3) is 5.91 Å². The Morgan fingerprint density at radius 1 is 1.00 bits per heavy atom. The summed E-state index contributed by atoms with van der Waals surface area (Å²) in [5.74, 6) is -0.238. The molecule has 0 aliphatic heterocycles. The Morgan fingerprint density at radius 2 is 1.68 bits per heavy atom. The van der Waals surface area contributed by atoms with Crippen molar-refractivity contribution in [3.8, 4) is 0 Å². The van der Waals surface area contributed by atoms with Gasteiger partial charge in [0.1, 0.15) is 0 Å². The SMILES string of the molecule is CNC(=O)Nc1cccc(NC(=O)c2c[nH]c3cc(Br)c(Br)cc23)c1. The Kier molecular flexibility index (Phi) is 5.10. The molecule has 1 aromatic heterocycles. The first-order chi connectivity index (χ1) is 12.0. The molecule has 0 spiro atoms. The summed E-state index contributed by atoms with van der Waals surface area (Å²) in [7, 11) is 1.54. The summed E-state index contributed by atoms with van der Waals surface area (Å²) < 4.78 is 1.77. The maximum Gasteiger partial charge on any atom is 0.318 e. The molecular formula is C17H14Br2N4O2. The van der Waals surface area contributed by atoms with Gasteiger partial charge in [-0.15, -0.1) is 0 Å². The summed E-state index contributed by atoms with van der Waals surface area (Å²) in [6, 6.07) is 10.4.